The van der Waals surface area contributed by atoms with E-state index >= 15 is 0 Å². The molecule has 0 saturated carbocycles. The molecule has 1 atom stereocenters. The first kappa shape index (κ1) is 20.6. The van der Waals surface area contributed by atoms with Crippen LogP contribution in [-0.4, -0.2) is 34.2 Å². The zero-order valence-corrected chi connectivity index (χ0v) is 16.3. The number of nitrogens with one attached hydrogen (secondary N) is 2. The van der Waals surface area contributed by atoms with Crippen LogP contribution in [0.3, 0.4) is 0 Å². The molecule has 0 aliphatic rings. The predicted octanol–water partition coefficient (Wildman–Crippen LogP) is 2.60. The van der Waals surface area contributed by atoms with Gasteiger partial charge in [-0.3, -0.25) is 14.3 Å². The minimum Gasteiger partial charge on any atom is -0.354 e. The number of hydrogen-bond acceptors (Lipinski definition) is 3. The Balaban J connectivity index is 1.85. The molecule has 2 amide bonds. The molecule has 146 valence electrons. The van der Waals surface area contributed by atoms with Crippen LogP contribution in [0.1, 0.15) is 42.0 Å². The zero-order valence-electron chi connectivity index (χ0n) is 16.3. The minimum atomic E-state index is -0.656. The predicted molar refractivity (Wildman–Crippen MR) is 102 cm³/mol. The van der Waals surface area contributed by atoms with Crippen molar-refractivity contribution in [3.05, 3.63) is 53.1 Å². The normalized spacial score (nSPS) is 12.1. The Morgan fingerprint density at radius 2 is 1.85 bits per heavy atom. The van der Waals surface area contributed by atoms with Gasteiger partial charge in [0.25, 0.3) is 5.91 Å². The molecule has 2 N–H and O–H groups in total. The monoisotopic (exact) mass is 374 g/mol. The number of aromatic nitrogens is 2. The van der Waals surface area contributed by atoms with E-state index < -0.39 is 17.8 Å². The van der Waals surface area contributed by atoms with E-state index in [9.17, 15) is 14.0 Å². The van der Waals surface area contributed by atoms with Crippen LogP contribution >= 0.6 is 0 Å². The molecule has 0 radical (unpaired) electrons. The number of carbonyl (C=O) groups excluding carboxylic acids is 2. The topological polar surface area (TPSA) is 76.0 Å². The lowest BCUT2D eigenvalue weighted by molar-refractivity contribution is -0.123. The highest BCUT2D eigenvalue weighted by atomic mass is 19.1. The first-order valence-electron chi connectivity index (χ1n) is 9.13. The molecule has 1 aromatic heterocycles. The van der Waals surface area contributed by atoms with Gasteiger partial charge in [-0.1, -0.05) is 13.8 Å². The van der Waals surface area contributed by atoms with Gasteiger partial charge in [0.05, 0.1) is 5.69 Å². The number of nitrogens with zero attached hydrogens (tertiary/aromatic N) is 2. The molecule has 0 aliphatic heterocycles. The first-order chi connectivity index (χ1) is 12.8. The van der Waals surface area contributed by atoms with Crippen molar-refractivity contribution in [2.45, 2.75) is 46.7 Å². The molecule has 2 rings (SSSR count). The summed E-state index contributed by atoms with van der Waals surface area (Å²) in [5.41, 5.74) is 2.38. The molecule has 0 saturated heterocycles. The second-order valence-corrected chi connectivity index (χ2v) is 7.00. The maximum absolute atomic E-state index is 13.0. The summed E-state index contributed by atoms with van der Waals surface area (Å²) in [7, 11) is 0. The molecule has 0 unspecified atom stereocenters. The first-order valence-corrected chi connectivity index (χ1v) is 9.13. The lowest BCUT2D eigenvalue weighted by Gasteiger charge is -2.22. The van der Waals surface area contributed by atoms with Gasteiger partial charge in [0.2, 0.25) is 5.91 Å². The van der Waals surface area contributed by atoms with Gasteiger partial charge in [-0.15, -0.1) is 0 Å². The number of halogens is 1. The summed E-state index contributed by atoms with van der Waals surface area (Å²) in [6.07, 6.45) is 0.740. The maximum Gasteiger partial charge on any atom is 0.251 e. The molecule has 7 heteroatoms. The van der Waals surface area contributed by atoms with Crippen molar-refractivity contribution in [3.8, 4) is 0 Å². The Morgan fingerprint density at radius 1 is 1.19 bits per heavy atom. The summed E-state index contributed by atoms with van der Waals surface area (Å²) in [5.74, 6) is -1.11. The molecular formula is C20H27FN4O2. The van der Waals surface area contributed by atoms with Crippen molar-refractivity contribution < 1.29 is 14.0 Å². The van der Waals surface area contributed by atoms with Crippen molar-refractivity contribution >= 4 is 11.8 Å². The SMILES string of the molecule is Cc1cc(C)n(CCCNC(=O)[C@@H](NC(=O)c2ccc(F)cc2)C(C)C)n1. The molecular weight excluding hydrogens is 347 g/mol. The molecule has 27 heavy (non-hydrogen) atoms. The summed E-state index contributed by atoms with van der Waals surface area (Å²) in [6, 6.07) is 6.59. The van der Waals surface area contributed by atoms with Crippen LogP contribution < -0.4 is 10.6 Å². The van der Waals surface area contributed by atoms with Crippen molar-refractivity contribution in [1.82, 2.24) is 20.4 Å². The molecule has 0 spiro atoms. The molecule has 1 heterocycles. The fourth-order valence-electron chi connectivity index (χ4n) is 2.81. The number of aryl methyl sites for hydroxylation is 3. The summed E-state index contributed by atoms with van der Waals surface area (Å²) in [6.45, 7) is 8.89. The third kappa shape index (κ3) is 5.91. The van der Waals surface area contributed by atoms with Crippen molar-refractivity contribution in [2.24, 2.45) is 5.92 Å². The average Bonchev–Trinajstić information content (AvgIpc) is 2.93. The number of benzene rings is 1. The van der Waals surface area contributed by atoms with E-state index in [2.05, 4.69) is 15.7 Å². The number of hydrogen-bond donors (Lipinski definition) is 2. The van der Waals surface area contributed by atoms with Crippen molar-refractivity contribution in [3.63, 3.8) is 0 Å². The number of carbonyl (C=O) groups is 2. The molecule has 1 aromatic carbocycles. The minimum absolute atomic E-state index is 0.0783. The summed E-state index contributed by atoms with van der Waals surface area (Å²) < 4.78 is 14.9. The van der Waals surface area contributed by atoms with E-state index in [1.54, 1.807) is 0 Å². The van der Waals surface area contributed by atoms with Gasteiger partial charge < -0.3 is 10.6 Å². The van der Waals surface area contributed by atoms with Crippen LogP contribution in [0.4, 0.5) is 4.39 Å². The number of rotatable bonds is 8. The highest BCUT2D eigenvalue weighted by Gasteiger charge is 2.24. The lowest BCUT2D eigenvalue weighted by Crippen LogP contribution is -2.50. The molecule has 2 aromatic rings. The van der Waals surface area contributed by atoms with Gasteiger partial charge in [0.1, 0.15) is 11.9 Å². The Morgan fingerprint density at radius 3 is 2.41 bits per heavy atom. The van der Waals surface area contributed by atoms with Gasteiger partial charge in [0.15, 0.2) is 0 Å². The van der Waals surface area contributed by atoms with Gasteiger partial charge in [-0.25, -0.2) is 4.39 Å². The van der Waals surface area contributed by atoms with E-state index in [1.807, 2.05) is 38.4 Å². The largest absolute Gasteiger partial charge is 0.354 e. The van der Waals surface area contributed by atoms with Crippen molar-refractivity contribution in [2.75, 3.05) is 6.54 Å². The van der Waals surface area contributed by atoms with Crippen LogP contribution in [0, 0.1) is 25.6 Å². The molecule has 6 nitrogen and oxygen atoms in total. The molecule has 0 fully saturated rings. The van der Waals surface area contributed by atoms with E-state index in [1.165, 1.54) is 24.3 Å². The highest BCUT2D eigenvalue weighted by molar-refractivity contribution is 5.97. The standard InChI is InChI=1S/C20H27FN4O2/c1-13(2)18(23-19(26)16-6-8-17(21)9-7-16)20(27)22-10-5-11-25-15(4)12-14(3)24-25/h6-9,12-13,18H,5,10-11H2,1-4H3,(H,22,27)(H,23,26)/t18-/m0/s1. The number of amides is 2. The fraction of sp³-hybridized carbons (Fsp3) is 0.450. The van der Waals surface area contributed by atoms with E-state index in [4.69, 9.17) is 0 Å². The zero-order chi connectivity index (χ0) is 20.0. The van der Waals surface area contributed by atoms with Gasteiger partial charge in [-0.2, -0.15) is 5.10 Å². The highest BCUT2D eigenvalue weighted by Crippen LogP contribution is 2.07. The van der Waals surface area contributed by atoms with E-state index in [-0.39, 0.29) is 11.8 Å². The lowest BCUT2D eigenvalue weighted by atomic mass is 10.0. The van der Waals surface area contributed by atoms with Gasteiger partial charge in [0, 0.05) is 24.3 Å². The Hall–Kier alpha value is -2.70. The molecule has 0 aliphatic carbocycles. The third-order valence-electron chi connectivity index (χ3n) is 4.29. The van der Waals surface area contributed by atoms with Crippen molar-refractivity contribution in [1.29, 1.82) is 0 Å². The summed E-state index contributed by atoms with van der Waals surface area (Å²) >= 11 is 0. The Kier molecular flexibility index (Phi) is 7.10. The Bertz CT molecular complexity index is 784. The van der Waals surface area contributed by atoms with Gasteiger partial charge >= 0.3 is 0 Å². The second-order valence-electron chi connectivity index (χ2n) is 7.00. The summed E-state index contributed by atoms with van der Waals surface area (Å²) in [4.78, 5) is 24.8. The Labute approximate surface area is 159 Å². The van der Waals surface area contributed by atoms with Crippen LogP contribution in [0.15, 0.2) is 30.3 Å². The summed E-state index contributed by atoms with van der Waals surface area (Å²) in [5, 5.41) is 9.99. The fourth-order valence-corrected chi connectivity index (χ4v) is 2.81. The van der Waals surface area contributed by atoms with E-state index in [0.717, 1.165) is 17.8 Å². The van der Waals surface area contributed by atoms with Crippen LogP contribution in [0.25, 0.3) is 0 Å². The third-order valence-corrected chi connectivity index (χ3v) is 4.29. The van der Waals surface area contributed by atoms with Crippen LogP contribution in [0.2, 0.25) is 0 Å². The smallest absolute Gasteiger partial charge is 0.251 e. The van der Waals surface area contributed by atoms with Crippen LogP contribution in [-0.2, 0) is 11.3 Å². The quantitative estimate of drug-likeness (QED) is 0.698. The average molecular weight is 374 g/mol. The van der Waals surface area contributed by atoms with Gasteiger partial charge in [-0.05, 0) is 56.5 Å². The van der Waals surface area contributed by atoms with Crippen LogP contribution in [0.5, 0.6) is 0 Å². The molecule has 0 bridgehead atoms. The second kappa shape index (κ2) is 9.30. The van der Waals surface area contributed by atoms with E-state index in [0.29, 0.717) is 18.7 Å². The maximum atomic E-state index is 13.0.